The van der Waals surface area contributed by atoms with Crippen LogP contribution in [0.1, 0.15) is 24.0 Å². The fourth-order valence-electron chi connectivity index (χ4n) is 1.94. The molecule has 0 bridgehead atoms. The zero-order chi connectivity index (χ0) is 13.1. The van der Waals surface area contributed by atoms with Crippen LogP contribution in [0.4, 0.5) is 0 Å². The smallest absolute Gasteiger partial charge is 0.116 e. The Morgan fingerprint density at radius 2 is 2.21 bits per heavy atom. The topological polar surface area (TPSA) is 37.8 Å². The molecule has 1 N–H and O–H groups in total. The minimum atomic E-state index is 0.734. The molecule has 0 amide bonds. The molecule has 2 aromatic rings. The summed E-state index contributed by atoms with van der Waals surface area (Å²) in [5, 5.41) is 4.57. The van der Waals surface area contributed by atoms with E-state index in [0.717, 1.165) is 17.6 Å². The summed E-state index contributed by atoms with van der Waals surface area (Å²) in [7, 11) is 0. The van der Waals surface area contributed by atoms with Gasteiger partial charge in [0.15, 0.2) is 0 Å². The summed E-state index contributed by atoms with van der Waals surface area (Å²) in [5.41, 5.74) is 2.66. The molecule has 1 aliphatic rings. The normalized spacial score (nSPS) is 14.6. The number of benzene rings is 1. The van der Waals surface area contributed by atoms with Crippen molar-refractivity contribution >= 4 is 11.8 Å². The van der Waals surface area contributed by atoms with Gasteiger partial charge in [0.2, 0.25) is 0 Å². The summed E-state index contributed by atoms with van der Waals surface area (Å²) in [6.07, 6.45) is 6.02. The number of hydrogen-bond donors (Lipinski definition) is 1. The third-order valence-corrected chi connectivity index (χ3v) is 4.21. The van der Waals surface area contributed by atoms with E-state index in [4.69, 9.17) is 0 Å². The lowest BCUT2D eigenvalue weighted by Crippen LogP contribution is -2.15. The Kier molecular flexibility index (Phi) is 3.80. The molecule has 0 unspecified atom stereocenters. The van der Waals surface area contributed by atoms with Gasteiger partial charge in [0.25, 0.3) is 0 Å². The van der Waals surface area contributed by atoms with Gasteiger partial charge in [-0.1, -0.05) is 29.5 Å². The number of hydrogen-bond acceptors (Lipinski definition) is 4. The Bertz CT molecular complexity index is 553. The minimum Gasteiger partial charge on any atom is -0.310 e. The van der Waals surface area contributed by atoms with E-state index in [1.54, 1.807) is 24.3 Å². The Morgan fingerprint density at radius 3 is 2.95 bits per heavy atom. The summed E-state index contributed by atoms with van der Waals surface area (Å²) < 4.78 is 0. The predicted octanol–water partition coefficient (Wildman–Crippen LogP) is 3.19. The quantitative estimate of drug-likeness (QED) is 0.848. The molecular formula is C15H17N3S. The maximum absolute atomic E-state index is 4.28. The third kappa shape index (κ3) is 3.55. The minimum absolute atomic E-state index is 0.734. The maximum atomic E-state index is 4.28. The van der Waals surface area contributed by atoms with Crippen LogP contribution >= 0.6 is 11.8 Å². The molecule has 0 aliphatic heterocycles. The van der Waals surface area contributed by atoms with E-state index in [9.17, 15) is 0 Å². The van der Waals surface area contributed by atoms with Gasteiger partial charge >= 0.3 is 0 Å². The molecule has 1 aromatic carbocycles. The molecule has 3 nitrogen and oxygen atoms in total. The van der Waals surface area contributed by atoms with Crippen molar-refractivity contribution in [2.75, 3.05) is 0 Å². The second-order valence-electron chi connectivity index (χ2n) is 4.92. The van der Waals surface area contributed by atoms with Gasteiger partial charge in [0, 0.05) is 23.7 Å². The molecule has 0 saturated heterocycles. The highest BCUT2D eigenvalue weighted by Crippen LogP contribution is 2.30. The molecule has 3 rings (SSSR count). The van der Waals surface area contributed by atoms with Gasteiger partial charge in [-0.2, -0.15) is 0 Å². The molecule has 1 aliphatic carbocycles. The van der Waals surface area contributed by atoms with Crippen molar-refractivity contribution in [1.82, 2.24) is 15.3 Å². The molecule has 0 atom stereocenters. The number of rotatable bonds is 5. The monoisotopic (exact) mass is 271 g/mol. The van der Waals surface area contributed by atoms with Crippen molar-refractivity contribution in [1.29, 1.82) is 0 Å². The van der Waals surface area contributed by atoms with E-state index in [1.807, 2.05) is 6.07 Å². The van der Waals surface area contributed by atoms with Gasteiger partial charge in [-0.05, 0) is 37.5 Å². The van der Waals surface area contributed by atoms with Crippen LogP contribution in [0.5, 0.6) is 0 Å². The Labute approximate surface area is 117 Å². The Morgan fingerprint density at radius 1 is 1.32 bits per heavy atom. The molecule has 0 spiro atoms. The first kappa shape index (κ1) is 12.6. The number of aryl methyl sites for hydroxylation is 1. The molecule has 1 heterocycles. The average molecular weight is 271 g/mol. The molecular weight excluding hydrogens is 254 g/mol. The summed E-state index contributed by atoms with van der Waals surface area (Å²) in [5.74, 6) is 0. The van der Waals surface area contributed by atoms with Crippen molar-refractivity contribution in [3.63, 3.8) is 0 Å². The van der Waals surface area contributed by atoms with E-state index in [-0.39, 0.29) is 0 Å². The van der Waals surface area contributed by atoms with E-state index < -0.39 is 0 Å². The zero-order valence-corrected chi connectivity index (χ0v) is 11.8. The van der Waals surface area contributed by atoms with Crippen LogP contribution in [-0.2, 0) is 6.54 Å². The highest BCUT2D eigenvalue weighted by molar-refractivity contribution is 7.99. The fraction of sp³-hybridized carbons (Fsp3) is 0.333. The molecule has 98 valence electrons. The fourth-order valence-corrected chi connectivity index (χ4v) is 2.79. The van der Waals surface area contributed by atoms with Crippen molar-refractivity contribution in [3.8, 4) is 0 Å². The lowest BCUT2D eigenvalue weighted by molar-refractivity contribution is 0.680. The number of aromatic nitrogens is 2. The van der Waals surface area contributed by atoms with Crippen molar-refractivity contribution in [2.24, 2.45) is 0 Å². The van der Waals surface area contributed by atoms with Crippen LogP contribution in [0.3, 0.4) is 0 Å². The SMILES string of the molecule is Cc1ccc(Sc2ccncn2)c(CNC2CC2)c1. The van der Waals surface area contributed by atoms with Crippen LogP contribution in [0.2, 0.25) is 0 Å². The molecule has 0 radical (unpaired) electrons. The van der Waals surface area contributed by atoms with E-state index in [2.05, 4.69) is 40.4 Å². The zero-order valence-electron chi connectivity index (χ0n) is 11.0. The van der Waals surface area contributed by atoms with Crippen molar-refractivity contribution < 1.29 is 0 Å². The number of nitrogens with one attached hydrogen (secondary N) is 1. The van der Waals surface area contributed by atoms with E-state index >= 15 is 0 Å². The highest BCUT2D eigenvalue weighted by atomic mass is 32.2. The molecule has 1 aromatic heterocycles. The van der Waals surface area contributed by atoms with Crippen LogP contribution in [0, 0.1) is 6.92 Å². The van der Waals surface area contributed by atoms with E-state index in [1.165, 1.54) is 28.9 Å². The predicted molar refractivity (Wildman–Crippen MR) is 77.2 cm³/mol. The standard InChI is InChI=1S/C15H17N3S/c1-11-2-5-14(19-15-6-7-16-10-18-15)12(8-11)9-17-13-3-4-13/h2,5-8,10,13,17H,3-4,9H2,1H3. The van der Waals surface area contributed by atoms with Gasteiger partial charge in [-0.25, -0.2) is 9.97 Å². The Balaban J connectivity index is 1.78. The highest BCUT2D eigenvalue weighted by Gasteiger charge is 2.20. The van der Waals surface area contributed by atoms with Crippen LogP contribution in [0.15, 0.2) is 46.7 Å². The largest absolute Gasteiger partial charge is 0.310 e. The second kappa shape index (κ2) is 5.72. The van der Waals surface area contributed by atoms with Crippen LogP contribution in [-0.4, -0.2) is 16.0 Å². The average Bonchev–Trinajstić information content (AvgIpc) is 3.24. The molecule has 4 heteroatoms. The summed E-state index contributed by atoms with van der Waals surface area (Å²) in [4.78, 5) is 9.51. The van der Waals surface area contributed by atoms with Crippen LogP contribution in [0.25, 0.3) is 0 Å². The molecule has 19 heavy (non-hydrogen) atoms. The third-order valence-electron chi connectivity index (χ3n) is 3.14. The summed E-state index contributed by atoms with van der Waals surface area (Å²) >= 11 is 1.70. The number of nitrogens with zero attached hydrogens (tertiary/aromatic N) is 2. The molecule has 1 fully saturated rings. The Hall–Kier alpha value is -1.39. The van der Waals surface area contributed by atoms with Crippen molar-refractivity contribution in [3.05, 3.63) is 47.9 Å². The van der Waals surface area contributed by atoms with Crippen molar-refractivity contribution in [2.45, 2.75) is 42.3 Å². The maximum Gasteiger partial charge on any atom is 0.116 e. The lowest BCUT2D eigenvalue weighted by atomic mass is 10.1. The molecule has 1 saturated carbocycles. The van der Waals surface area contributed by atoms with E-state index in [0.29, 0.717) is 0 Å². The first-order chi connectivity index (χ1) is 9.31. The van der Waals surface area contributed by atoms with Gasteiger partial charge in [-0.15, -0.1) is 0 Å². The second-order valence-corrected chi connectivity index (χ2v) is 5.98. The summed E-state index contributed by atoms with van der Waals surface area (Å²) in [6, 6.07) is 9.29. The summed E-state index contributed by atoms with van der Waals surface area (Å²) in [6.45, 7) is 3.08. The first-order valence-corrected chi connectivity index (χ1v) is 7.40. The lowest BCUT2D eigenvalue weighted by Gasteiger charge is -2.10. The van der Waals surface area contributed by atoms with Gasteiger partial charge in [0.1, 0.15) is 11.4 Å². The van der Waals surface area contributed by atoms with Crippen LogP contribution < -0.4 is 5.32 Å². The van der Waals surface area contributed by atoms with Gasteiger partial charge in [0.05, 0.1) is 0 Å². The van der Waals surface area contributed by atoms with Gasteiger partial charge < -0.3 is 5.32 Å². The van der Waals surface area contributed by atoms with Gasteiger partial charge in [-0.3, -0.25) is 0 Å². The first-order valence-electron chi connectivity index (χ1n) is 6.58.